The van der Waals surface area contributed by atoms with Crippen molar-refractivity contribution in [3.63, 3.8) is 0 Å². The van der Waals surface area contributed by atoms with Gasteiger partial charge in [-0.25, -0.2) is 0 Å². The Labute approximate surface area is 208 Å². The fraction of sp³-hybridized carbons (Fsp3) is 0.957. The zero-order valence-electron chi connectivity index (χ0n) is 19.9. The van der Waals surface area contributed by atoms with Crippen LogP contribution in [-0.4, -0.2) is 31.2 Å². The van der Waals surface area contributed by atoms with E-state index in [4.69, 9.17) is 4.55 Å². The molecule has 5 nitrogen and oxygen atoms in total. The third-order valence-electron chi connectivity index (χ3n) is 5.34. The molecule has 174 valence electrons. The van der Waals surface area contributed by atoms with Crippen LogP contribution in [0.15, 0.2) is 4.99 Å². The number of aliphatic imine (C=N–C) groups is 1. The average molecular weight is 456 g/mol. The van der Waals surface area contributed by atoms with E-state index in [0.29, 0.717) is 6.42 Å². The zero-order valence-corrected chi connectivity index (χ0v) is 22.7. The smallest absolute Gasteiger partial charge is 0.862 e. The van der Waals surface area contributed by atoms with E-state index in [1.54, 1.807) is 0 Å². The fourth-order valence-electron chi connectivity index (χ4n) is 3.53. The molecule has 0 unspecified atom stereocenters. The van der Waals surface area contributed by atoms with Crippen molar-refractivity contribution in [2.24, 2.45) is 4.99 Å². The van der Waals surface area contributed by atoms with E-state index < -0.39 is 10.1 Å². The minimum absolute atomic E-state index is 0. The SMILES string of the molecule is CCCCCCCCCCCCCCCCCCCC([O-])=NCCCS(=O)(=O)O.[Na+]. The van der Waals surface area contributed by atoms with Gasteiger partial charge in [0.1, 0.15) is 0 Å². The summed E-state index contributed by atoms with van der Waals surface area (Å²) in [4.78, 5) is 3.82. The third-order valence-corrected chi connectivity index (χ3v) is 6.15. The predicted octanol–water partition coefficient (Wildman–Crippen LogP) is 3.07. The van der Waals surface area contributed by atoms with Crippen molar-refractivity contribution >= 4 is 16.0 Å². The molecule has 0 amide bonds. The monoisotopic (exact) mass is 455 g/mol. The van der Waals surface area contributed by atoms with E-state index in [9.17, 15) is 13.5 Å². The van der Waals surface area contributed by atoms with E-state index in [-0.39, 0.29) is 54.2 Å². The molecule has 0 aliphatic rings. The molecule has 0 spiro atoms. The maximum absolute atomic E-state index is 11.5. The van der Waals surface area contributed by atoms with Crippen LogP contribution in [0.4, 0.5) is 0 Å². The molecule has 0 fully saturated rings. The molecule has 0 bridgehead atoms. The van der Waals surface area contributed by atoms with Crippen molar-refractivity contribution in [2.75, 3.05) is 12.3 Å². The first-order valence-electron chi connectivity index (χ1n) is 12.1. The number of unbranched alkanes of at least 4 members (excludes halogenated alkanes) is 16. The predicted molar refractivity (Wildman–Crippen MR) is 122 cm³/mol. The van der Waals surface area contributed by atoms with E-state index in [2.05, 4.69) is 11.9 Å². The van der Waals surface area contributed by atoms with E-state index in [0.717, 1.165) is 12.8 Å². The van der Waals surface area contributed by atoms with E-state index >= 15 is 0 Å². The van der Waals surface area contributed by atoms with E-state index in [1.165, 1.54) is 96.3 Å². The van der Waals surface area contributed by atoms with Gasteiger partial charge < -0.3 is 10.1 Å². The van der Waals surface area contributed by atoms with Gasteiger partial charge in [-0.15, -0.1) is 0 Å². The van der Waals surface area contributed by atoms with Crippen LogP contribution in [0.25, 0.3) is 0 Å². The minimum atomic E-state index is -3.94. The first kappa shape index (κ1) is 32.6. The Kier molecular flexibility index (Phi) is 26.1. The number of hydrogen-bond donors (Lipinski definition) is 1. The maximum atomic E-state index is 11.5. The fourth-order valence-corrected chi connectivity index (χ4v) is 4.02. The molecular weight excluding hydrogens is 409 g/mol. The second-order valence-electron chi connectivity index (χ2n) is 8.32. The van der Waals surface area contributed by atoms with Crippen LogP contribution in [0.2, 0.25) is 0 Å². The van der Waals surface area contributed by atoms with Crippen molar-refractivity contribution in [3.8, 4) is 0 Å². The van der Waals surface area contributed by atoms with Crippen LogP contribution in [0.3, 0.4) is 0 Å². The Hall–Kier alpha value is 0.380. The maximum Gasteiger partial charge on any atom is 1.00 e. The van der Waals surface area contributed by atoms with Crippen LogP contribution in [0.5, 0.6) is 0 Å². The first-order chi connectivity index (χ1) is 14.0. The van der Waals surface area contributed by atoms with Gasteiger partial charge in [-0.1, -0.05) is 110 Å². The molecule has 0 heterocycles. The molecule has 0 radical (unpaired) electrons. The Balaban J connectivity index is 0. The van der Waals surface area contributed by atoms with Crippen LogP contribution < -0.4 is 34.7 Å². The second-order valence-corrected chi connectivity index (χ2v) is 9.89. The van der Waals surface area contributed by atoms with Crippen molar-refractivity contribution in [1.29, 1.82) is 0 Å². The molecular formula is C23H46NNaO4S. The topological polar surface area (TPSA) is 89.8 Å². The molecule has 0 aliphatic heterocycles. The van der Waals surface area contributed by atoms with Gasteiger partial charge in [-0.2, -0.15) is 8.42 Å². The van der Waals surface area contributed by atoms with Gasteiger partial charge in [-0.05, 0) is 25.2 Å². The molecule has 1 N–H and O–H groups in total. The van der Waals surface area contributed by atoms with Gasteiger partial charge in [0.2, 0.25) is 0 Å². The largest absolute Gasteiger partial charge is 1.00 e. The first-order valence-corrected chi connectivity index (χ1v) is 13.7. The summed E-state index contributed by atoms with van der Waals surface area (Å²) in [6, 6.07) is 0. The quantitative estimate of drug-likeness (QED) is 0.0893. The van der Waals surface area contributed by atoms with Gasteiger partial charge in [0.25, 0.3) is 10.1 Å². The summed E-state index contributed by atoms with van der Waals surface area (Å²) >= 11 is 0. The zero-order chi connectivity index (χ0) is 21.6. The second kappa shape index (κ2) is 24.0. The van der Waals surface area contributed by atoms with E-state index in [1.807, 2.05) is 0 Å². The number of nitrogens with zero attached hydrogens (tertiary/aromatic N) is 1. The molecule has 0 rings (SSSR count). The van der Waals surface area contributed by atoms with Crippen molar-refractivity contribution < 1.29 is 47.6 Å². The van der Waals surface area contributed by atoms with Crippen LogP contribution in [-0.2, 0) is 10.1 Å². The van der Waals surface area contributed by atoms with Crippen molar-refractivity contribution in [3.05, 3.63) is 0 Å². The van der Waals surface area contributed by atoms with Crippen LogP contribution in [0, 0.1) is 0 Å². The van der Waals surface area contributed by atoms with Gasteiger partial charge in [0.05, 0.1) is 5.75 Å². The molecule has 0 aliphatic carbocycles. The Morgan fingerprint density at radius 2 is 1.07 bits per heavy atom. The molecule has 0 saturated carbocycles. The van der Waals surface area contributed by atoms with Gasteiger partial charge in [0.15, 0.2) is 0 Å². The van der Waals surface area contributed by atoms with Crippen LogP contribution >= 0.6 is 0 Å². The summed E-state index contributed by atoms with van der Waals surface area (Å²) in [5.74, 6) is -0.482. The Morgan fingerprint density at radius 3 is 1.43 bits per heavy atom. The molecule has 30 heavy (non-hydrogen) atoms. The molecule has 0 saturated heterocycles. The standard InChI is InChI=1S/C23H47NO4S.Na/c1-2-3-4-5-6-7-8-9-10-11-12-13-14-15-16-17-18-20-23(25)24-21-19-22-29(26,27)28;/h2-22H2,1H3,(H,24,25)(H,26,27,28);/q;+1/p-1. The van der Waals surface area contributed by atoms with Gasteiger partial charge in [0, 0.05) is 6.54 Å². The third kappa shape index (κ3) is 28.4. The molecule has 7 heteroatoms. The molecule has 0 aromatic rings. The average Bonchev–Trinajstić information content (AvgIpc) is 2.67. The molecule has 0 aromatic heterocycles. The summed E-state index contributed by atoms with van der Waals surface area (Å²) in [5.41, 5.74) is 0. The normalized spacial score (nSPS) is 12.1. The Bertz CT molecular complexity index is 484. The summed E-state index contributed by atoms with van der Waals surface area (Å²) < 4.78 is 29.7. The van der Waals surface area contributed by atoms with Crippen LogP contribution in [0.1, 0.15) is 129 Å². The van der Waals surface area contributed by atoms with Crippen molar-refractivity contribution in [2.45, 2.75) is 129 Å². The number of hydrogen-bond acceptors (Lipinski definition) is 4. The van der Waals surface area contributed by atoms with Gasteiger partial charge in [-0.3, -0.25) is 4.55 Å². The minimum Gasteiger partial charge on any atom is -0.862 e. The summed E-state index contributed by atoms with van der Waals surface area (Å²) in [5, 5.41) is 11.5. The summed E-state index contributed by atoms with van der Waals surface area (Å²) in [6.07, 6.45) is 23.0. The van der Waals surface area contributed by atoms with Gasteiger partial charge >= 0.3 is 29.6 Å². The Morgan fingerprint density at radius 1 is 0.700 bits per heavy atom. The van der Waals surface area contributed by atoms with Crippen molar-refractivity contribution in [1.82, 2.24) is 0 Å². The summed E-state index contributed by atoms with van der Waals surface area (Å²) in [6.45, 7) is 2.45. The molecule has 0 atom stereocenters. The molecule has 0 aromatic carbocycles. The number of rotatable bonds is 22. The summed E-state index contributed by atoms with van der Waals surface area (Å²) in [7, 11) is -3.94.